The summed E-state index contributed by atoms with van der Waals surface area (Å²) < 4.78 is 11.6. The Kier molecular flexibility index (Phi) is 3.56. The highest BCUT2D eigenvalue weighted by Gasteiger charge is 2.16. The number of rotatable bonds is 2. The van der Waals surface area contributed by atoms with Crippen molar-refractivity contribution in [3.63, 3.8) is 0 Å². The Morgan fingerprint density at radius 2 is 2.06 bits per heavy atom. The minimum atomic E-state index is 0.689. The van der Waals surface area contributed by atoms with Crippen molar-refractivity contribution in [2.75, 3.05) is 44.0 Å². The average Bonchev–Trinajstić information content (AvgIpc) is 2.33. The number of hydrogen-bond donors (Lipinski definition) is 1. The molecule has 2 rings (SSSR count). The predicted octanol–water partition coefficient (Wildman–Crippen LogP) is 1.88. The van der Waals surface area contributed by atoms with Crippen LogP contribution in [0.1, 0.15) is 0 Å². The van der Waals surface area contributed by atoms with Gasteiger partial charge in [-0.2, -0.15) is 0 Å². The molecule has 0 aromatic heterocycles. The molecule has 1 aliphatic rings. The molecule has 0 saturated carbocycles. The van der Waals surface area contributed by atoms with Crippen molar-refractivity contribution in [1.82, 2.24) is 0 Å². The third-order valence-electron chi connectivity index (χ3n) is 2.65. The Morgan fingerprint density at radius 3 is 2.69 bits per heavy atom. The highest BCUT2D eigenvalue weighted by Crippen LogP contribution is 2.35. The number of nitrogen functional groups attached to an aromatic ring is 1. The zero-order chi connectivity index (χ0) is 11.5. The minimum Gasteiger partial charge on any atom is -0.495 e. The highest BCUT2D eigenvalue weighted by molar-refractivity contribution is 9.10. The Hall–Kier alpha value is -0.940. The van der Waals surface area contributed by atoms with Crippen LogP contribution in [-0.2, 0) is 4.74 Å². The van der Waals surface area contributed by atoms with Crippen LogP contribution in [0.5, 0.6) is 5.75 Å². The summed E-state index contributed by atoms with van der Waals surface area (Å²) in [4.78, 5) is 2.24. The lowest BCUT2D eigenvalue weighted by molar-refractivity contribution is 0.122. The normalized spacial score (nSPS) is 16.2. The summed E-state index contributed by atoms with van der Waals surface area (Å²) in [7, 11) is 1.66. The van der Waals surface area contributed by atoms with Gasteiger partial charge in [0.15, 0.2) is 0 Å². The van der Waals surface area contributed by atoms with Crippen LogP contribution in [0.2, 0.25) is 0 Å². The lowest BCUT2D eigenvalue weighted by atomic mass is 10.2. The van der Waals surface area contributed by atoms with Crippen LogP contribution in [0.4, 0.5) is 11.4 Å². The molecule has 88 valence electrons. The molecule has 0 bridgehead atoms. The van der Waals surface area contributed by atoms with Gasteiger partial charge in [-0.1, -0.05) is 0 Å². The van der Waals surface area contributed by atoms with Gasteiger partial charge >= 0.3 is 0 Å². The fourth-order valence-electron chi connectivity index (χ4n) is 1.77. The van der Waals surface area contributed by atoms with Crippen molar-refractivity contribution >= 4 is 27.3 Å². The van der Waals surface area contributed by atoms with Gasteiger partial charge in [-0.15, -0.1) is 0 Å². The van der Waals surface area contributed by atoms with Crippen molar-refractivity contribution in [2.24, 2.45) is 0 Å². The Labute approximate surface area is 103 Å². The zero-order valence-corrected chi connectivity index (χ0v) is 10.8. The van der Waals surface area contributed by atoms with Gasteiger partial charge in [0, 0.05) is 29.3 Å². The van der Waals surface area contributed by atoms with Crippen molar-refractivity contribution in [2.45, 2.75) is 0 Å². The number of methoxy groups -OCH3 is 1. The van der Waals surface area contributed by atoms with E-state index in [0.717, 1.165) is 42.2 Å². The lowest BCUT2D eigenvalue weighted by Crippen LogP contribution is -2.36. The van der Waals surface area contributed by atoms with Crippen LogP contribution < -0.4 is 15.4 Å². The third kappa shape index (κ3) is 2.25. The molecular weight excluding hydrogens is 272 g/mol. The number of benzene rings is 1. The van der Waals surface area contributed by atoms with E-state index in [0.29, 0.717) is 5.69 Å². The van der Waals surface area contributed by atoms with Crippen LogP contribution in [0, 0.1) is 0 Å². The summed E-state index contributed by atoms with van der Waals surface area (Å²) >= 11 is 3.44. The molecule has 16 heavy (non-hydrogen) atoms. The summed E-state index contributed by atoms with van der Waals surface area (Å²) in [6.07, 6.45) is 0. The summed E-state index contributed by atoms with van der Waals surface area (Å²) in [5, 5.41) is 0. The van der Waals surface area contributed by atoms with Gasteiger partial charge in [0.05, 0.1) is 26.0 Å². The predicted molar refractivity (Wildman–Crippen MR) is 68.1 cm³/mol. The van der Waals surface area contributed by atoms with Gasteiger partial charge in [-0.25, -0.2) is 0 Å². The van der Waals surface area contributed by atoms with E-state index in [2.05, 4.69) is 20.8 Å². The molecule has 1 aromatic carbocycles. The molecule has 1 heterocycles. The first-order chi connectivity index (χ1) is 7.72. The second-order valence-corrected chi connectivity index (χ2v) is 4.50. The summed E-state index contributed by atoms with van der Waals surface area (Å²) in [5.74, 6) is 0.808. The largest absolute Gasteiger partial charge is 0.495 e. The van der Waals surface area contributed by atoms with E-state index >= 15 is 0 Å². The standard InChI is InChI=1S/C11H15BrN2O2/c1-15-11-7-9(13)8(12)6-10(11)14-2-4-16-5-3-14/h6-7H,2-5,13H2,1H3. The van der Waals surface area contributed by atoms with E-state index in [9.17, 15) is 0 Å². The Bertz CT molecular complexity index is 378. The minimum absolute atomic E-state index is 0.689. The van der Waals surface area contributed by atoms with E-state index in [1.54, 1.807) is 7.11 Å². The number of hydrogen-bond acceptors (Lipinski definition) is 4. The first-order valence-electron chi connectivity index (χ1n) is 5.18. The van der Waals surface area contributed by atoms with Gasteiger partial charge in [0.2, 0.25) is 0 Å². The molecule has 0 atom stereocenters. The fourth-order valence-corrected chi connectivity index (χ4v) is 2.10. The van der Waals surface area contributed by atoms with Crippen LogP contribution in [-0.4, -0.2) is 33.4 Å². The molecule has 0 radical (unpaired) electrons. The zero-order valence-electron chi connectivity index (χ0n) is 9.20. The summed E-state index contributed by atoms with van der Waals surface area (Å²) in [6.45, 7) is 3.27. The average molecular weight is 287 g/mol. The maximum Gasteiger partial charge on any atom is 0.144 e. The van der Waals surface area contributed by atoms with Crippen molar-refractivity contribution in [1.29, 1.82) is 0 Å². The first-order valence-corrected chi connectivity index (χ1v) is 5.97. The number of nitrogens with zero attached hydrogens (tertiary/aromatic N) is 1. The van der Waals surface area contributed by atoms with E-state index in [1.807, 2.05) is 12.1 Å². The van der Waals surface area contributed by atoms with Gasteiger partial charge in [0.25, 0.3) is 0 Å². The van der Waals surface area contributed by atoms with Crippen LogP contribution in [0.15, 0.2) is 16.6 Å². The third-order valence-corrected chi connectivity index (χ3v) is 3.34. The quantitative estimate of drug-likeness (QED) is 0.844. The molecular formula is C11H15BrN2O2. The number of nitrogens with two attached hydrogens (primary N) is 1. The molecule has 4 nitrogen and oxygen atoms in total. The molecule has 1 fully saturated rings. The number of halogens is 1. The van der Waals surface area contributed by atoms with Crippen molar-refractivity contribution in [3.8, 4) is 5.75 Å². The molecule has 0 unspecified atom stereocenters. The fraction of sp³-hybridized carbons (Fsp3) is 0.455. The van der Waals surface area contributed by atoms with Crippen LogP contribution in [0.25, 0.3) is 0 Å². The van der Waals surface area contributed by atoms with Crippen molar-refractivity contribution < 1.29 is 9.47 Å². The Balaban J connectivity index is 2.33. The Morgan fingerprint density at radius 1 is 1.38 bits per heavy atom. The van der Waals surface area contributed by atoms with Gasteiger partial charge in [-0.05, 0) is 22.0 Å². The monoisotopic (exact) mass is 286 g/mol. The number of ether oxygens (including phenoxy) is 2. The molecule has 5 heteroatoms. The molecule has 0 spiro atoms. The van der Waals surface area contributed by atoms with E-state index < -0.39 is 0 Å². The maximum absolute atomic E-state index is 5.82. The van der Waals surface area contributed by atoms with E-state index in [1.165, 1.54) is 0 Å². The van der Waals surface area contributed by atoms with Gasteiger partial charge in [0.1, 0.15) is 5.75 Å². The maximum atomic E-state index is 5.82. The molecule has 1 aromatic rings. The second-order valence-electron chi connectivity index (χ2n) is 3.64. The molecule has 0 aliphatic carbocycles. The summed E-state index contributed by atoms with van der Waals surface area (Å²) in [6, 6.07) is 3.84. The van der Waals surface area contributed by atoms with Gasteiger partial charge in [-0.3, -0.25) is 0 Å². The van der Waals surface area contributed by atoms with E-state index in [4.69, 9.17) is 15.2 Å². The highest BCUT2D eigenvalue weighted by atomic mass is 79.9. The SMILES string of the molecule is COc1cc(N)c(Br)cc1N1CCOCC1. The number of anilines is 2. The molecule has 1 aliphatic heterocycles. The van der Waals surface area contributed by atoms with Crippen LogP contribution in [0.3, 0.4) is 0 Å². The van der Waals surface area contributed by atoms with Gasteiger partial charge < -0.3 is 20.1 Å². The summed E-state index contributed by atoms with van der Waals surface area (Å²) in [5.41, 5.74) is 7.58. The first kappa shape index (κ1) is 11.5. The smallest absolute Gasteiger partial charge is 0.144 e. The number of morpholine rings is 1. The molecule has 1 saturated heterocycles. The topological polar surface area (TPSA) is 47.7 Å². The second kappa shape index (κ2) is 4.93. The van der Waals surface area contributed by atoms with Crippen LogP contribution >= 0.6 is 15.9 Å². The van der Waals surface area contributed by atoms with E-state index in [-0.39, 0.29) is 0 Å². The molecule has 0 amide bonds. The lowest BCUT2D eigenvalue weighted by Gasteiger charge is -2.30. The molecule has 2 N–H and O–H groups in total. The van der Waals surface area contributed by atoms with Crippen molar-refractivity contribution in [3.05, 3.63) is 16.6 Å².